The van der Waals surface area contributed by atoms with Crippen LogP contribution in [0.2, 0.25) is 0 Å². The number of aryl methyl sites for hydroxylation is 2. The maximum atomic E-state index is 11.1. The van der Waals surface area contributed by atoms with Crippen LogP contribution in [0, 0.1) is 6.92 Å². The standard InChI is InChI=1S/C30H37N3O3/c1-20-18-32-29(21-8-10-24(11-9-21)30(2,3)4)33-27(20)19-31-14-5-15-36-25-12-13-26-22(16-25)6-7-23(26)17-28(34)35/h8-13,16,18,23,31H,5-7,14-15,17,19H2,1-4H3,(H,34,35)/t23-/m0/s1. The Bertz CT molecular complexity index is 1200. The summed E-state index contributed by atoms with van der Waals surface area (Å²) in [5.74, 6) is 1.01. The highest BCUT2D eigenvalue weighted by atomic mass is 16.5. The van der Waals surface area contributed by atoms with E-state index in [0.29, 0.717) is 13.2 Å². The van der Waals surface area contributed by atoms with Gasteiger partial charge in [-0.05, 0) is 78.5 Å². The van der Waals surface area contributed by atoms with Crippen LogP contribution < -0.4 is 10.1 Å². The molecule has 0 radical (unpaired) electrons. The van der Waals surface area contributed by atoms with Crippen molar-refractivity contribution in [3.05, 3.63) is 76.6 Å². The van der Waals surface area contributed by atoms with E-state index in [1.54, 1.807) is 0 Å². The molecule has 1 atom stereocenters. The summed E-state index contributed by atoms with van der Waals surface area (Å²) in [6.07, 6.45) is 4.81. The van der Waals surface area contributed by atoms with E-state index in [2.05, 4.69) is 61.4 Å². The van der Waals surface area contributed by atoms with Gasteiger partial charge in [-0.15, -0.1) is 0 Å². The molecule has 1 aliphatic carbocycles. The Labute approximate surface area is 214 Å². The Balaban J connectivity index is 1.24. The summed E-state index contributed by atoms with van der Waals surface area (Å²) >= 11 is 0. The van der Waals surface area contributed by atoms with Gasteiger partial charge in [0.2, 0.25) is 0 Å². The first-order chi connectivity index (χ1) is 17.2. The molecule has 1 heterocycles. The van der Waals surface area contributed by atoms with Gasteiger partial charge in [-0.2, -0.15) is 0 Å². The molecule has 6 nitrogen and oxygen atoms in total. The third kappa shape index (κ3) is 6.49. The summed E-state index contributed by atoms with van der Waals surface area (Å²) < 4.78 is 5.95. The van der Waals surface area contributed by atoms with E-state index in [1.165, 1.54) is 11.1 Å². The van der Waals surface area contributed by atoms with Gasteiger partial charge < -0.3 is 15.2 Å². The minimum absolute atomic E-state index is 0.122. The highest BCUT2D eigenvalue weighted by molar-refractivity contribution is 5.68. The molecule has 0 fully saturated rings. The van der Waals surface area contributed by atoms with Gasteiger partial charge in [0.05, 0.1) is 18.7 Å². The Morgan fingerprint density at radius 2 is 1.94 bits per heavy atom. The van der Waals surface area contributed by atoms with Crippen LogP contribution in [-0.2, 0) is 23.2 Å². The molecule has 1 aromatic heterocycles. The monoisotopic (exact) mass is 487 g/mol. The summed E-state index contributed by atoms with van der Waals surface area (Å²) in [6.45, 7) is 10.8. The number of carboxylic acid groups (broad SMARTS) is 1. The van der Waals surface area contributed by atoms with Gasteiger partial charge in [-0.3, -0.25) is 4.79 Å². The van der Waals surface area contributed by atoms with Crippen molar-refractivity contribution in [3.8, 4) is 17.1 Å². The molecular weight excluding hydrogens is 450 g/mol. The first-order valence-corrected chi connectivity index (χ1v) is 12.8. The molecule has 0 amide bonds. The smallest absolute Gasteiger partial charge is 0.303 e. The normalized spacial score (nSPS) is 15.1. The van der Waals surface area contributed by atoms with Crippen molar-refractivity contribution in [2.45, 2.75) is 71.3 Å². The fourth-order valence-corrected chi connectivity index (χ4v) is 4.70. The lowest BCUT2D eigenvalue weighted by Gasteiger charge is -2.19. The lowest BCUT2D eigenvalue weighted by Crippen LogP contribution is -2.19. The average molecular weight is 488 g/mol. The minimum atomic E-state index is -0.733. The first-order valence-electron chi connectivity index (χ1n) is 12.8. The number of nitrogens with one attached hydrogen (secondary N) is 1. The van der Waals surface area contributed by atoms with Crippen molar-refractivity contribution in [2.75, 3.05) is 13.2 Å². The van der Waals surface area contributed by atoms with Crippen molar-refractivity contribution in [2.24, 2.45) is 0 Å². The van der Waals surface area contributed by atoms with Gasteiger partial charge in [-0.25, -0.2) is 9.97 Å². The Kier molecular flexibility index (Phi) is 8.04. The predicted octanol–water partition coefficient (Wildman–Crippen LogP) is 5.81. The number of hydrogen-bond donors (Lipinski definition) is 2. The molecule has 2 aromatic carbocycles. The van der Waals surface area contributed by atoms with E-state index >= 15 is 0 Å². The zero-order valence-electron chi connectivity index (χ0n) is 21.8. The Hall–Kier alpha value is -3.25. The zero-order chi connectivity index (χ0) is 25.7. The number of nitrogens with zero attached hydrogens (tertiary/aromatic N) is 2. The van der Waals surface area contributed by atoms with Crippen molar-refractivity contribution in [3.63, 3.8) is 0 Å². The minimum Gasteiger partial charge on any atom is -0.494 e. The van der Waals surface area contributed by atoms with Crippen molar-refractivity contribution < 1.29 is 14.6 Å². The number of benzene rings is 2. The SMILES string of the molecule is Cc1cnc(-c2ccc(C(C)(C)C)cc2)nc1CNCCCOc1ccc2c(c1)CC[C@H]2CC(=O)O. The van der Waals surface area contributed by atoms with Gasteiger partial charge >= 0.3 is 5.97 Å². The summed E-state index contributed by atoms with van der Waals surface area (Å²) in [6, 6.07) is 14.6. The number of aliphatic carboxylic acids is 1. The number of fused-ring (bicyclic) bond motifs is 1. The highest BCUT2D eigenvalue weighted by Gasteiger charge is 2.24. The molecule has 2 N–H and O–H groups in total. The lowest BCUT2D eigenvalue weighted by atomic mass is 9.87. The number of hydrogen-bond acceptors (Lipinski definition) is 5. The van der Waals surface area contributed by atoms with Crippen LogP contribution in [0.5, 0.6) is 5.75 Å². The zero-order valence-corrected chi connectivity index (χ0v) is 21.8. The van der Waals surface area contributed by atoms with E-state index in [-0.39, 0.29) is 17.8 Å². The van der Waals surface area contributed by atoms with Gasteiger partial charge in [0, 0.05) is 18.3 Å². The van der Waals surface area contributed by atoms with Crippen molar-refractivity contribution in [1.82, 2.24) is 15.3 Å². The number of rotatable bonds is 10. The van der Waals surface area contributed by atoms with Crippen LogP contribution in [0.25, 0.3) is 11.4 Å². The van der Waals surface area contributed by atoms with E-state index in [1.807, 2.05) is 25.3 Å². The van der Waals surface area contributed by atoms with Crippen molar-refractivity contribution in [1.29, 1.82) is 0 Å². The molecule has 190 valence electrons. The topological polar surface area (TPSA) is 84.3 Å². The number of carboxylic acids is 1. The number of carbonyl (C=O) groups is 1. The van der Waals surface area contributed by atoms with Crippen LogP contribution in [0.15, 0.2) is 48.7 Å². The summed E-state index contributed by atoms with van der Waals surface area (Å²) in [4.78, 5) is 20.4. The van der Waals surface area contributed by atoms with E-state index < -0.39 is 5.97 Å². The molecule has 0 saturated heterocycles. The molecular formula is C30H37N3O3. The molecule has 1 aliphatic rings. The molecule has 0 bridgehead atoms. The van der Waals surface area contributed by atoms with Crippen LogP contribution in [-0.4, -0.2) is 34.2 Å². The molecule has 0 spiro atoms. The quantitative estimate of drug-likeness (QED) is 0.351. The summed E-state index contributed by atoms with van der Waals surface area (Å²) in [5.41, 5.74) is 6.92. The van der Waals surface area contributed by atoms with Crippen molar-refractivity contribution >= 4 is 5.97 Å². The highest BCUT2D eigenvalue weighted by Crippen LogP contribution is 2.37. The summed E-state index contributed by atoms with van der Waals surface area (Å²) in [5, 5.41) is 12.6. The van der Waals surface area contributed by atoms with E-state index in [9.17, 15) is 4.79 Å². The van der Waals surface area contributed by atoms with Crippen LogP contribution >= 0.6 is 0 Å². The third-order valence-corrected chi connectivity index (χ3v) is 6.88. The fraction of sp³-hybridized carbons (Fsp3) is 0.433. The first kappa shape index (κ1) is 25.8. The fourth-order valence-electron chi connectivity index (χ4n) is 4.70. The van der Waals surface area contributed by atoms with Gasteiger partial charge in [0.25, 0.3) is 0 Å². The predicted molar refractivity (Wildman–Crippen MR) is 142 cm³/mol. The second kappa shape index (κ2) is 11.2. The lowest BCUT2D eigenvalue weighted by molar-refractivity contribution is -0.137. The maximum Gasteiger partial charge on any atom is 0.303 e. The molecule has 0 unspecified atom stereocenters. The number of ether oxygens (including phenoxy) is 1. The second-order valence-electron chi connectivity index (χ2n) is 10.7. The Morgan fingerprint density at radius 1 is 1.17 bits per heavy atom. The number of aromatic nitrogens is 2. The average Bonchev–Trinajstić information content (AvgIpc) is 3.23. The van der Waals surface area contributed by atoms with Crippen LogP contribution in [0.1, 0.15) is 73.9 Å². The summed E-state index contributed by atoms with van der Waals surface area (Å²) in [7, 11) is 0. The molecule has 4 rings (SSSR count). The van der Waals surface area contributed by atoms with Gasteiger partial charge in [0.15, 0.2) is 5.82 Å². The molecule has 0 saturated carbocycles. The van der Waals surface area contributed by atoms with Gasteiger partial charge in [0.1, 0.15) is 5.75 Å². The van der Waals surface area contributed by atoms with E-state index in [4.69, 9.17) is 14.8 Å². The molecule has 6 heteroatoms. The van der Waals surface area contributed by atoms with Crippen LogP contribution in [0.3, 0.4) is 0 Å². The largest absolute Gasteiger partial charge is 0.494 e. The second-order valence-corrected chi connectivity index (χ2v) is 10.7. The maximum absolute atomic E-state index is 11.1. The Morgan fingerprint density at radius 3 is 2.67 bits per heavy atom. The molecule has 0 aliphatic heterocycles. The molecule has 36 heavy (non-hydrogen) atoms. The third-order valence-electron chi connectivity index (χ3n) is 6.88. The molecule has 3 aromatic rings. The van der Waals surface area contributed by atoms with E-state index in [0.717, 1.165) is 59.8 Å². The van der Waals surface area contributed by atoms with Crippen LogP contribution in [0.4, 0.5) is 0 Å². The van der Waals surface area contributed by atoms with Gasteiger partial charge in [-0.1, -0.05) is 51.1 Å².